The van der Waals surface area contributed by atoms with Crippen LogP contribution in [0.25, 0.3) is 0 Å². The van der Waals surface area contributed by atoms with Gasteiger partial charge in [-0.05, 0) is 36.6 Å². The van der Waals surface area contributed by atoms with Crippen molar-refractivity contribution in [2.75, 3.05) is 20.2 Å². The molecule has 0 bridgehead atoms. The first-order chi connectivity index (χ1) is 15.7. The molecule has 0 fully saturated rings. The molecular formula is C25H31IN4O3. The van der Waals surface area contributed by atoms with Crippen LogP contribution in [0.5, 0.6) is 17.4 Å². The molecule has 3 aromatic rings. The number of aliphatic imine (C=N–C) groups is 1. The lowest BCUT2D eigenvalue weighted by Gasteiger charge is -2.14. The summed E-state index contributed by atoms with van der Waals surface area (Å²) >= 11 is 0. The highest BCUT2D eigenvalue weighted by molar-refractivity contribution is 14.0. The number of methoxy groups -OCH3 is 1. The van der Waals surface area contributed by atoms with E-state index < -0.39 is 6.10 Å². The quantitative estimate of drug-likeness (QED) is 0.189. The van der Waals surface area contributed by atoms with Gasteiger partial charge in [-0.15, -0.1) is 24.0 Å². The Morgan fingerprint density at radius 2 is 1.82 bits per heavy atom. The third kappa shape index (κ3) is 8.89. The zero-order valence-electron chi connectivity index (χ0n) is 18.9. The number of nitrogens with one attached hydrogen (secondary N) is 2. The van der Waals surface area contributed by atoms with Gasteiger partial charge in [0.2, 0.25) is 5.88 Å². The van der Waals surface area contributed by atoms with Crippen LogP contribution in [0.1, 0.15) is 30.6 Å². The Bertz CT molecular complexity index is 984. The number of benzene rings is 2. The van der Waals surface area contributed by atoms with Crippen molar-refractivity contribution in [2.45, 2.75) is 26.0 Å². The molecule has 0 spiro atoms. The molecule has 0 aliphatic heterocycles. The van der Waals surface area contributed by atoms with E-state index in [2.05, 4.69) is 20.6 Å². The highest BCUT2D eigenvalue weighted by Crippen LogP contribution is 2.23. The maximum Gasteiger partial charge on any atom is 0.219 e. The van der Waals surface area contributed by atoms with Gasteiger partial charge in [0.1, 0.15) is 11.5 Å². The monoisotopic (exact) mass is 562 g/mol. The lowest BCUT2D eigenvalue weighted by molar-refractivity contribution is 0.168. The predicted octanol–water partition coefficient (Wildman–Crippen LogP) is 4.68. The van der Waals surface area contributed by atoms with Gasteiger partial charge in [0.25, 0.3) is 0 Å². The summed E-state index contributed by atoms with van der Waals surface area (Å²) in [6.45, 7) is 3.84. The molecule has 0 amide bonds. The van der Waals surface area contributed by atoms with Gasteiger partial charge < -0.3 is 25.2 Å². The zero-order valence-corrected chi connectivity index (χ0v) is 21.2. The van der Waals surface area contributed by atoms with Crippen molar-refractivity contribution in [1.29, 1.82) is 0 Å². The topological polar surface area (TPSA) is 88.0 Å². The molecule has 1 aromatic heterocycles. The normalized spacial score (nSPS) is 11.8. The summed E-state index contributed by atoms with van der Waals surface area (Å²) in [6, 6.07) is 20.8. The maximum absolute atomic E-state index is 10.3. The van der Waals surface area contributed by atoms with E-state index in [-0.39, 0.29) is 24.0 Å². The summed E-state index contributed by atoms with van der Waals surface area (Å²) in [5.74, 6) is 2.60. The average Bonchev–Trinajstić information content (AvgIpc) is 2.84. The van der Waals surface area contributed by atoms with Gasteiger partial charge in [-0.2, -0.15) is 0 Å². The third-order valence-corrected chi connectivity index (χ3v) is 4.72. The van der Waals surface area contributed by atoms with Gasteiger partial charge in [-0.25, -0.2) is 9.98 Å². The highest BCUT2D eigenvalue weighted by Gasteiger charge is 2.07. The third-order valence-electron chi connectivity index (χ3n) is 4.72. The lowest BCUT2D eigenvalue weighted by Crippen LogP contribution is -2.38. The molecule has 8 heteroatoms. The summed E-state index contributed by atoms with van der Waals surface area (Å²) in [5.41, 5.74) is 1.88. The van der Waals surface area contributed by atoms with E-state index in [9.17, 15) is 5.11 Å². The molecule has 0 aliphatic carbocycles. The van der Waals surface area contributed by atoms with E-state index in [1.54, 1.807) is 13.3 Å². The second-order valence-corrected chi connectivity index (χ2v) is 7.12. The van der Waals surface area contributed by atoms with E-state index in [1.807, 2.05) is 73.7 Å². The molecule has 0 saturated heterocycles. The fraction of sp³-hybridized carbons (Fsp3) is 0.280. The molecule has 33 heavy (non-hydrogen) atoms. The summed E-state index contributed by atoms with van der Waals surface area (Å²) in [4.78, 5) is 8.97. The smallest absolute Gasteiger partial charge is 0.219 e. The zero-order chi connectivity index (χ0) is 22.6. The van der Waals surface area contributed by atoms with E-state index in [4.69, 9.17) is 9.47 Å². The largest absolute Gasteiger partial charge is 0.497 e. The molecule has 3 N–H and O–H groups in total. The van der Waals surface area contributed by atoms with E-state index >= 15 is 0 Å². The van der Waals surface area contributed by atoms with Gasteiger partial charge in [0.15, 0.2) is 5.96 Å². The summed E-state index contributed by atoms with van der Waals surface area (Å²) < 4.78 is 11.0. The Morgan fingerprint density at radius 3 is 2.52 bits per heavy atom. The Balaban J connectivity index is 0.00000385. The summed E-state index contributed by atoms with van der Waals surface area (Å²) in [7, 11) is 1.62. The van der Waals surface area contributed by atoms with Crippen LogP contribution in [0.3, 0.4) is 0 Å². The van der Waals surface area contributed by atoms with Crippen LogP contribution in [-0.4, -0.2) is 36.2 Å². The Hall–Kier alpha value is -2.85. The van der Waals surface area contributed by atoms with Crippen molar-refractivity contribution in [1.82, 2.24) is 15.6 Å². The number of aromatic nitrogens is 1. The first kappa shape index (κ1) is 26.4. The number of hydrogen-bond donors (Lipinski definition) is 3. The minimum absolute atomic E-state index is 0. The number of ether oxygens (including phenoxy) is 2. The number of halogens is 1. The Morgan fingerprint density at radius 1 is 1.03 bits per heavy atom. The SMILES string of the molecule is CCNC(=NCc1ccc(Oc2cccc(OC)c2)nc1)NCCC(O)c1ccccc1.I. The molecule has 2 aromatic carbocycles. The first-order valence-corrected chi connectivity index (χ1v) is 10.7. The fourth-order valence-electron chi connectivity index (χ4n) is 3.03. The molecule has 3 rings (SSSR count). The number of aliphatic hydroxyl groups excluding tert-OH is 1. The van der Waals surface area contributed by atoms with Crippen LogP contribution in [0.2, 0.25) is 0 Å². The van der Waals surface area contributed by atoms with E-state index in [0.717, 1.165) is 23.4 Å². The van der Waals surface area contributed by atoms with Gasteiger partial charge in [0, 0.05) is 31.4 Å². The lowest BCUT2D eigenvalue weighted by atomic mass is 10.1. The molecule has 1 heterocycles. The minimum atomic E-state index is -0.507. The molecule has 7 nitrogen and oxygen atoms in total. The Labute approximate surface area is 212 Å². The fourth-order valence-corrected chi connectivity index (χ4v) is 3.03. The second-order valence-electron chi connectivity index (χ2n) is 7.12. The predicted molar refractivity (Wildman–Crippen MR) is 142 cm³/mol. The number of pyridine rings is 1. The second kappa shape index (κ2) is 14.3. The summed E-state index contributed by atoms with van der Waals surface area (Å²) in [5, 5.41) is 16.8. The number of rotatable bonds is 10. The van der Waals surface area contributed by atoms with Crippen molar-refractivity contribution in [3.05, 3.63) is 84.1 Å². The van der Waals surface area contributed by atoms with Gasteiger partial charge in [0.05, 0.1) is 19.8 Å². The van der Waals surface area contributed by atoms with Gasteiger partial charge >= 0.3 is 0 Å². The van der Waals surface area contributed by atoms with E-state index in [1.165, 1.54) is 0 Å². The molecule has 1 unspecified atom stereocenters. The van der Waals surface area contributed by atoms with Crippen LogP contribution in [-0.2, 0) is 6.54 Å². The van der Waals surface area contributed by atoms with Crippen molar-refractivity contribution in [3.63, 3.8) is 0 Å². The number of aliphatic hydroxyl groups is 1. The van der Waals surface area contributed by atoms with Gasteiger partial charge in [-0.3, -0.25) is 0 Å². The highest BCUT2D eigenvalue weighted by atomic mass is 127. The molecular weight excluding hydrogens is 531 g/mol. The molecule has 0 saturated carbocycles. The van der Waals surface area contributed by atoms with Crippen LogP contribution >= 0.6 is 24.0 Å². The first-order valence-electron chi connectivity index (χ1n) is 10.7. The van der Waals surface area contributed by atoms with E-state index in [0.29, 0.717) is 37.1 Å². The molecule has 1 atom stereocenters. The number of nitrogens with zero attached hydrogens (tertiary/aromatic N) is 2. The molecule has 0 radical (unpaired) electrons. The van der Waals surface area contributed by atoms with Gasteiger partial charge in [-0.1, -0.05) is 42.5 Å². The van der Waals surface area contributed by atoms with Crippen molar-refractivity contribution < 1.29 is 14.6 Å². The summed E-state index contributed by atoms with van der Waals surface area (Å²) in [6.07, 6.45) is 1.83. The number of hydrogen-bond acceptors (Lipinski definition) is 5. The van der Waals surface area contributed by atoms with Crippen molar-refractivity contribution >= 4 is 29.9 Å². The minimum Gasteiger partial charge on any atom is -0.497 e. The van der Waals surface area contributed by atoms with Crippen molar-refractivity contribution in [3.8, 4) is 17.4 Å². The maximum atomic E-state index is 10.3. The molecule has 176 valence electrons. The van der Waals surface area contributed by atoms with Crippen LogP contribution in [0.4, 0.5) is 0 Å². The Kier molecular flexibility index (Phi) is 11.5. The number of guanidine groups is 1. The van der Waals surface area contributed by atoms with Crippen LogP contribution in [0.15, 0.2) is 77.9 Å². The van der Waals surface area contributed by atoms with Crippen molar-refractivity contribution in [2.24, 2.45) is 4.99 Å². The molecule has 0 aliphatic rings. The van der Waals surface area contributed by atoms with Crippen LogP contribution < -0.4 is 20.1 Å². The van der Waals surface area contributed by atoms with Crippen LogP contribution in [0, 0.1) is 0 Å². The average molecular weight is 562 g/mol. The standard InChI is InChI=1S/C25H30N4O3.HI/c1-3-26-25(27-15-14-23(30)20-8-5-4-6-9-20)29-18-19-12-13-24(28-17-19)32-22-11-7-10-21(16-22)31-2;/h4-13,16-17,23,30H,3,14-15,18H2,1-2H3,(H2,26,27,29);1H.